The maximum absolute atomic E-state index is 9.08. The van der Waals surface area contributed by atoms with Crippen LogP contribution in [0.25, 0.3) is 0 Å². The van der Waals surface area contributed by atoms with Crippen molar-refractivity contribution in [1.82, 2.24) is 4.98 Å². The second kappa shape index (κ2) is 7.50. The smallest absolute Gasteiger partial charge is 0.125 e. The monoisotopic (exact) mass is 272 g/mol. The number of aliphatic hydroxyl groups excluding tert-OH is 1. The highest BCUT2D eigenvalue weighted by Gasteiger charge is 1.99. The van der Waals surface area contributed by atoms with Crippen molar-refractivity contribution in [2.45, 2.75) is 26.6 Å². The highest BCUT2D eigenvalue weighted by molar-refractivity contribution is 5.35. The van der Waals surface area contributed by atoms with Crippen LogP contribution in [-0.2, 0) is 13.2 Å². The summed E-state index contributed by atoms with van der Waals surface area (Å²) in [4.78, 5) is 4.33. The normalized spacial score (nSPS) is 10.3. The molecule has 4 heteroatoms. The molecule has 0 aliphatic heterocycles. The van der Waals surface area contributed by atoms with Crippen molar-refractivity contribution < 1.29 is 9.84 Å². The first-order valence-corrected chi connectivity index (χ1v) is 6.83. The molecule has 0 radical (unpaired) electrons. The zero-order valence-electron chi connectivity index (χ0n) is 11.7. The van der Waals surface area contributed by atoms with E-state index in [1.807, 2.05) is 42.6 Å². The van der Waals surface area contributed by atoms with Gasteiger partial charge < -0.3 is 15.2 Å². The number of hydrogen-bond donors (Lipinski definition) is 2. The van der Waals surface area contributed by atoms with E-state index < -0.39 is 0 Å². The van der Waals surface area contributed by atoms with Crippen LogP contribution in [0.4, 0.5) is 5.82 Å². The minimum atomic E-state index is 0.0244. The number of rotatable bonds is 7. The van der Waals surface area contributed by atoms with E-state index in [0.29, 0.717) is 6.61 Å². The van der Waals surface area contributed by atoms with Gasteiger partial charge in [-0.2, -0.15) is 0 Å². The summed E-state index contributed by atoms with van der Waals surface area (Å²) in [5, 5.41) is 12.3. The Balaban J connectivity index is 1.89. The lowest BCUT2D eigenvalue weighted by atomic mass is 10.2. The lowest BCUT2D eigenvalue weighted by molar-refractivity contribution is 0.278. The van der Waals surface area contributed by atoms with Crippen LogP contribution in [0.1, 0.15) is 24.5 Å². The third kappa shape index (κ3) is 4.24. The molecule has 0 unspecified atom stereocenters. The number of aliphatic hydroxyl groups is 1. The third-order valence-electron chi connectivity index (χ3n) is 2.87. The van der Waals surface area contributed by atoms with Crippen molar-refractivity contribution in [3.8, 4) is 5.75 Å². The summed E-state index contributed by atoms with van der Waals surface area (Å²) < 4.78 is 5.68. The Bertz CT molecular complexity index is 526. The fraction of sp³-hybridized carbons (Fsp3) is 0.312. The van der Waals surface area contributed by atoms with Crippen LogP contribution >= 0.6 is 0 Å². The van der Waals surface area contributed by atoms with Gasteiger partial charge in [-0.25, -0.2) is 4.98 Å². The zero-order valence-corrected chi connectivity index (χ0v) is 11.7. The maximum Gasteiger partial charge on any atom is 0.125 e. The number of benzene rings is 1. The highest BCUT2D eigenvalue weighted by atomic mass is 16.5. The molecule has 0 fully saturated rings. The summed E-state index contributed by atoms with van der Waals surface area (Å²) in [5.41, 5.74) is 1.86. The number of pyridine rings is 1. The van der Waals surface area contributed by atoms with Crippen molar-refractivity contribution in [2.75, 3.05) is 11.9 Å². The van der Waals surface area contributed by atoms with Gasteiger partial charge in [0.1, 0.15) is 18.2 Å². The number of hydrogen-bond acceptors (Lipinski definition) is 4. The Labute approximate surface area is 119 Å². The first-order chi connectivity index (χ1) is 9.81. The molecule has 2 rings (SSSR count). The topological polar surface area (TPSA) is 54.4 Å². The van der Waals surface area contributed by atoms with Crippen molar-refractivity contribution in [2.24, 2.45) is 0 Å². The molecule has 0 atom stereocenters. The number of ether oxygens (including phenoxy) is 1. The molecule has 4 nitrogen and oxygen atoms in total. The molecule has 1 aromatic carbocycles. The van der Waals surface area contributed by atoms with Gasteiger partial charge in [0.15, 0.2) is 0 Å². The maximum atomic E-state index is 9.08. The summed E-state index contributed by atoms with van der Waals surface area (Å²) in [6.45, 7) is 3.54. The summed E-state index contributed by atoms with van der Waals surface area (Å²) >= 11 is 0. The first-order valence-electron chi connectivity index (χ1n) is 6.83. The molecule has 2 aromatic rings. The van der Waals surface area contributed by atoms with Gasteiger partial charge in [0.25, 0.3) is 0 Å². The fourth-order valence-corrected chi connectivity index (χ4v) is 1.77. The fourth-order valence-electron chi connectivity index (χ4n) is 1.77. The third-order valence-corrected chi connectivity index (χ3v) is 2.87. The molecule has 0 spiro atoms. The Kier molecular flexibility index (Phi) is 5.38. The Hall–Kier alpha value is -2.07. The van der Waals surface area contributed by atoms with Gasteiger partial charge in [0, 0.05) is 18.3 Å². The molecule has 1 heterocycles. The van der Waals surface area contributed by atoms with Crippen LogP contribution in [0.2, 0.25) is 0 Å². The van der Waals surface area contributed by atoms with E-state index in [0.717, 1.165) is 35.7 Å². The van der Waals surface area contributed by atoms with Crippen molar-refractivity contribution in [1.29, 1.82) is 0 Å². The molecular weight excluding hydrogens is 252 g/mol. The minimum absolute atomic E-state index is 0.0244. The number of nitrogens with zero attached hydrogens (tertiary/aromatic N) is 1. The molecule has 106 valence electrons. The summed E-state index contributed by atoms with van der Waals surface area (Å²) in [6, 6.07) is 11.4. The van der Waals surface area contributed by atoms with Gasteiger partial charge in [0.05, 0.1) is 6.61 Å². The van der Waals surface area contributed by atoms with Crippen LogP contribution in [-0.4, -0.2) is 16.6 Å². The van der Waals surface area contributed by atoms with E-state index in [1.54, 1.807) is 0 Å². The van der Waals surface area contributed by atoms with Crippen LogP contribution in [0.3, 0.4) is 0 Å². The number of nitrogens with one attached hydrogen (secondary N) is 1. The highest BCUT2D eigenvalue weighted by Crippen LogP contribution is 2.15. The van der Waals surface area contributed by atoms with Gasteiger partial charge in [-0.3, -0.25) is 0 Å². The van der Waals surface area contributed by atoms with Gasteiger partial charge in [-0.15, -0.1) is 0 Å². The second-order valence-electron chi connectivity index (χ2n) is 4.57. The predicted octanol–water partition coefficient (Wildman–Crippen LogP) is 2.97. The van der Waals surface area contributed by atoms with Gasteiger partial charge in [-0.05, 0) is 30.2 Å². The predicted molar refractivity (Wildman–Crippen MR) is 79.7 cm³/mol. The molecule has 1 aromatic heterocycles. The van der Waals surface area contributed by atoms with Crippen molar-refractivity contribution >= 4 is 5.82 Å². The summed E-state index contributed by atoms with van der Waals surface area (Å²) in [6.07, 6.45) is 2.89. The Morgan fingerprint density at radius 1 is 1.20 bits per heavy atom. The zero-order chi connectivity index (χ0) is 14.2. The Morgan fingerprint density at radius 2 is 2.10 bits per heavy atom. The van der Waals surface area contributed by atoms with Crippen molar-refractivity contribution in [3.05, 3.63) is 53.7 Å². The lowest BCUT2D eigenvalue weighted by Gasteiger charge is -2.08. The second-order valence-corrected chi connectivity index (χ2v) is 4.57. The first kappa shape index (κ1) is 14.3. The summed E-state index contributed by atoms with van der Waals surface area (Å²) in [7, 11) is 0. The molecule has 0 aliphatic rings. The minimum Gasteiger partial charge on any atom is -0.489 e. The molecular formula is C16H20N2O2. The quantitative estimate of drug-likeness (QED) is 0.813. The number of anilines is 1. The largest absolute Gasteiger partial charge is 0.489 e. The van der Waals surface area contributed by atoms with Crippen LogP contribution in [0, 0.1) is 0 Å². The average Bonchev–Trinajstić information content (AvgIpc) is 2.52. The van der Waals surface area contributed by atoms with E-state index in [2.05, 4.69) is 17.2 Å². The van der Waals surface area contributed by atoms with E-state index in [4.69, 9.17) is 9.84 Å². The van der Waals surface area contributed by atoms with Gasteiger partial charge in [0.2, 0.25) is 0 Å². The SMILES string of the molecule is CCCNc1ccc(COc2cccc(CO)c2)cn1. The summed E-state index contributed by atoms with van der Waals surface area (Å²) in [5.74, 6) is 1.64. The molecule has 20 heavy (non-hydrogen) atoms. The van der Waals surface area contributed by atoms with Gasteiger partial charge in [-0.1, -0.05) is 25.1 Å². The van der Waals surface area contributed by atoms with Crippen LogP contribution in [0.5, 0.6) is 5.75 Å². The van der Waals surface area contributed by atoms with E-state index in [1.165, 1.54) is 0 Å². The van der Waals surface area contributed by atoms with Crippen LogP contribution < -0.4 is 10.1 Å². The van der Waals surface area contributed by atoms with Crippen LogP contribution in [0.15, 0.2) is 42.6 Å². The molecule has 0 saturated carbocycles. The Morgan fingerprint density at radius 3 is 2.80 bits per heavy atom. The molecule has 0 aliphatic carbocycles. The van der Waals surface area contributed by atoms with E-state index >= 15 is 0 Å². The number of aromatic nitrogens is 1. The van der Waals surface area contributed by atoms with Crippen molar-refractivity contribution in [3.63, 3.8) is 0 Å². The molecule has 0 saturated heterocycles. The standard InChI is InChI=1S/C16H20N2O2/c1-2-8-17-16-7-6-14(10-18-16)12-20-15-5-3-4-13(9-15)11-19/h3-7,9-10,19H,2,8,11-12H2,1H3,(H,17,18). The molecule has 2 N–H and O–H groups in total. The van der Waals surface area contributed by atoms with E-state index in [-0.39, 0.29) is 6.61 Å². The molecule has 0 amide bonds. The van der Waals surface area contributed by atoms with Gasteiger partial charge >= 0.3 is 0 Å². The average molecular weight is 272 g/mol. The lowest BCUT2D eigenvalue weighted by Crippen LogP contribution is -2.02. The van der Waals surface area contributed by atoms with E-state index in [9.17, 15) is 0 Å². The molecule has 0 bridgehead atoms.